The van der Waals surface area contributed by atoms with E-state index < -0.39 is 0 Å². The number of phenols is 1. The molecule has 1 aliphatic rings. The Bertz CT molecular complexity index is 384. The minimum atomic E-state index is 0.370. The average Bonchev–Trinajstić information content (AvgIpc) is 2.34. The van der Waals surface area contributed by atoms with Crippen LogP contribution in [-0.2, 0) is 11.3 Å². The molecule has 1 N–H and O–H groups in total. The van der Waals surface area contributed by atoms with Gasteiger partial charge in [-0.1, -0.05) is 22.9 Å². The van der Waals surface area contributed by atoms with Crippen LogP contribution in [0.15, 0.2) is 22.7 Å². The van der Waals surface area contributed by atoms with Gasteiger partial charge in [0.15, 0.2) is 0 Å². The molecule has 3 nitrogen and oxygen atoms in total. The summed E-state index contributed by atoms with van der Waals surface area (Å²) in [4.78, 5) is 2.38. The molecule has 0 bridgehead atoms. The second-order valence-corrected chi connectivity index (χ2v) is 5.30. The quantitative estimate of drug-likeness (QED) is 0.931. The molecule has 0 aliphatic carbocycles. The standard InChI is InChI=1S/C13H18BrNO2/c1-2-12-9-17-6-5-15(12)8-10-7-11(14)3-4-13(10)16/h3-4,7,12,16H,2,5-6,8-9H2,1H3. The van der Waals surface area contributed by atoms with Crippen LogP contribution in [0.2, 0.25) is 0 Å². The van der Waals surface area contributed by atoms with Gasteiger partial charge in [-0.15, -0.1) is 0 Å². The largest absolute Gasteiger partial charge is 0.508 e. The molecule has 94 valence electrons. The third-order valence-corrected chi connectivity index (χ3v) is 3.73. The first-order chi connectivity index (χ1) is 8.20. The van der Waals surface area contributed by atoms with E-state index in [1.54, 1.807) is 6.07 Å². The molecule has 1 heterocycles. The topological polar surface area (TPSA) is 32.7 Å². The van der Waals surface area contributed by atoms with Gasteiger partial charge in [-0.3, -0.25) is 4.90 Å². The molecule has 1 atom stereocenters. The smallest absolute Gasteiger partial charge is 0.120 e. The summed E-state index contributed by atoms with van der Waals surface area (Å²) >= 11 is 3.44. The fraction of sp³-hybridized carbons (Fsp3) is 0.538. The Hall–Kier alpha value is -0.580. The van der Waals surface area contributed by atoms with Gasteiger partial charge >= 0.3 is 0 Å². The molecular formula is C13H18BrNO2. The summed E-state index contributed by atoms with van der Waals surface area (Å²) in [5, 5.41) is 9.85. The van der Waals surface area contributed by atoms with Crippen LogP contribution >= 0.6 is 15.9 Å². The van der Waals surface area contributed by atoms with Crippen molar-refractivity contribution in [3.05, 3.63) is 28.2 Å². The van der Waals surface area contributed by atoms with Gasteiger partial charge in [0, 0.05) is 29.2 Å². The number of nitrogens with zero attached hydrogens (tertiary/aromatic N) is 1. The monoisotopic (exact) mass is 299 g/mol. The Morgan fingerprint density at radius 1 is 1.53 bits per heavy atom. The van der Waals surface area contributed by atoms with Gasteiger partial charge in [0.1, 0.15) is 5.75 Å². The number of rotatable bonds is 3. The van der Waals surface area contributed by atoms with Crippen molar-refractivity contribution in [2.75, 3.05) is 19.8 Å². The predicted octanol–water partition coefficient (Wildman–Crippen LogP) is 2.77. The number of benzene rings is 1. The van der Waals surface area contributed by atoms with Crippen LogP contribution in [0.5, 0.6) is 5.75 Å². The van der Waals surface area contributed by atoms with Crippen LogP contribution < -0.4 is 0 Å². The van der Waals surface area contributed by atoms with E-state index >= 15 is 0 Å². The SMILES string of the molecule is CCC1COCCN1Cc1cc(Br)ccc1O. The van der Waals surface area contributed by atoms with Crippen LogP contribution in [0.25, 0.3) is 0 Å². The van der Waals surface area contributed by atoms with Crippen molar-refractivity contribution < 1.29 is 9.84 Å². The highest BCUT2D eigenvalue weighted by Crippen LogP contribution is 2.25. The van der Waals surface area contributed by atoms with Crippen molar-refractivity contribution in [2.24, 2.45) is 0 Å². The van der Waals surface area contributed by atoms with Crippen molar-refractivity contribution >= 4 is 15.9 Å². The maximum atomic E-state index is 9.85. The Balaban J connectivity index is 2.10. The molecule has 4 heteroatoms. The number of halogens is 1. The van der Waals surface area contributed by atoms with E-state index in [1.165, 1.54) is 0 Å². The summed E-state index contributed by atoms with van der Waals surface area (Å²) in [6.07, 6.45) is 1.08. The number of ether oxygens (including phenoxy) is 1. The van der Waals surface area contributed by atoms with Crippen LogP contribution in [0.3, 0.4) is 0 Å². The van der Waals surface area contributed by atoms with Gasteiger partial charge in [-0.25, -0.2) is 0 Å². The molecule has 1 aromatic carbocycles. The molecule has 0 radical (unpaired) electrons. The Morgan fingerprint density at radius 2 is 2.35 bits per heavy atom. The third kappa shape index (κ3) is 3.21. The molecule has 1 saturated heterocycles. The van der Waals surface area contributed by atoms with E-state index in [1.807, 2.05) is 12.1 Å². The van der Waals surface area contributed by atoms with Crippen molar-refractivity contribution in [1.29, 1.82) is 0 Å². The molecule has 1 aromatic rings. The summed E-state index contributed by atoms with van der Waals surface area (Å²) in [6, 6.07) is 6.04. The summed E-state index contributed by atoms with van der Waals surface area (Å²) < 4.78 is 6.49. The van der Waals surface area contributed by atoms with Crippen LogP contribution in [-0.4, -0.2) is 35.8 Å². The molecule has 0 aromatic heterocycles. The second-order valence-electron chi connectivity index (χ2n) is 4.38. The predicted molar refractivity (Wildman–Crippen MR) is 71.1 cm³/mol. The van der Waals surface area contributed by atoms with Crippen LogP contribution in [0.4, 0.5) is 0 Å². The summed E-state index contributed by atoms with van der Waals surface area (Å²) in [6.45, 7) is 5.47. The Labute approximate surface area is 111 Å². The zero-order valence-electron chi connectivity index (χ0n) is 10.0. The number of hydrogen-bond acceptors (Lipinski definition) is 3. The van der Waals surface area contributed by atoms with Gasteiger partial charge in [-0.05, 0) is 24.6 Å². The molecule has 17 heavy (non-hydrogen) atoms. The lowest BCUT2D eigenvalue weighted by Gasteiger charge is -2.35. The first kappa shape index (κ1) is 12.9. The van der Waals surface area contributed by atoms with Gasteiger partial charge in [0.2, 0.25) is 0 Å². The highest BCUT2D eigenvalue weighted by atomic mass is 79.9. The summed E-state index contributed by atoms with van der Waals surface area (Å²) in [5.74, 6) is 0.370. The Kier molecular flexibility index (Phi) is 4.42. The lowest BCUT2D eigenvalue weighted by molar-refractivity contribution is -0.0130. The van der Waals surface area contributed by atoms with Crippen LogP contribution in [0, 0.1) is 0 Å². The molecular weight excluding hydrogens is 282 g/mol. The number of hydrogen-bond donors (Lipinski definition) is 1. The highest BCUT2D eigenvalue weighted by Gasteiger charge is 2.22. The molecule has 0 spiro atoms. The highest BCUT2D eigenvalue weighted by molar-refractivity contribution is 9.10. The van der Waals surface area contributed by atoms with Gasteiger partial charge in [0.25, 0.3) is 0 Å². The van der Waals surface area contributed by atoms with Gasteiger partial charge in [0.05, 0.1) is 13.2 Å². The first-order valence-corrected chi connectivity index (χ1v) is 6.79. The molecule has 1 fully saturated rings. The van der Waals surface area contributed by atoms with E-state index in [0.29, 0.717) is 11.8 Å². The lowest BCUT2D eigenvalue weighted by Crippen LogP contribution is -2.44. The van der Waals surface area contributed by atoms with Crippen molar-refractivity contribution in [3.63, 3.8) is 0 Å². The molecule has 1 unspecified atom stereocenters. The molecule has 1 aliphatic heterocycles. The van der Waals surface area contributed by atoms with E-state index in [4.69, 9.17) is 4.74 Å². The Morgan fingerprint density at radius 3 is 3.12 bits per heavy atom. The van der Waals surface area contributed by atoms with E-state index in [-0.39, 0.29) is 0 Å². The zero-order valence-corrected chi connectivity index (χ0v) is 11.6. The normalized spacial score (nSPS) is 21.6. The van der Waals surface area contributed by atoms with Crippen molar-refractivity contribution in [2.45, 2.75) is 25.9 Å². The maximum Gasteiger partial charge on any atom is 0.120 e. The van der Waals surface area contributed by atoms with E-state index in [0.717, 1.165) is 42.8 Å². The summed E-state index contributed by atoms with van der Waals surface area (Å²) in [5.41, 5.74) is 0.972. The molecule has 0 saturated carbocycles. The van der Waals surface area contributed by atoms with Crippen molar-refractivity contribution in [1.82, 2.24) is 4.90 Å². The van der Waals surface area contributed by atoms with E-state index in [9.17, 15) is 5.11 Å². The lowest BCUT2D eigenvalue weighted by atomic mass is 10.1. The molecule has 2 rings (SSSR count). The second kappa shape index (κ2) is 5.85. The fourth-order valence-corrected chi connectivity index (χ4v) is 2.58. The first-order valence-electron chi connectivity index (χ1n) is 6.00. The minimum absolute atomic E-state index is 0.370. The average molecular weight is 300 g/mol. The molecule has 0 amide bonds. The minimum Gasteiger partial charge on any atom is -0.508 e. The number of morpholine rings is 1. The van der Waals surface area contributed by atoms with Crippen LogP contribution in [0.1, 0.15) is 18.9 Å². The van der Waals surface area contributed by atoms with E-state index in [2.05, 4.69) is 27.8 Å². The van der Waals surface area contributed by atoms with Gasteiger partial charge in [-0.2, -0.15) is 0 Å². The third-order valence-electron chi connectivity index (χ3n) is 3.24. The van der Waals surface area contributed by atoms with Gasteiger partial charge < -0.3 is 9.84 Å². The zero-order chi connectivity index (χ0) is 12.3. The fourth-order valence-electron chi connectivity index (χ4n) is 2.17. The summed E-state index contributed by atoms with van der Waals surface area (Å²) in [7, 11) is 0. The number of aromatic hydroxyl groups is 1. The number of phenolic OH excluding ortho intramolecular Hbond substituents is 1. The maximum absolute atomic E-state index is 9.85. The van der Waals surface area contributed by atoms with Crippen molar-refractivity contribution in [3.8, 4) is 5.75 Å².